The molecule has 0 spiro atoms. The Bertz CT molecular complexity index is 323. The van der Waals surface area contributed by atoms with Crippen molar-refractivity contribution in [3.63, 3.8) is 0 Å². The Morgan fingerprint density at radius 3 is 2.73 bits per heavy atom. The summed E-state index contributed by atoms with van der Waals surface area (Å²) in [4.78, 5) is 10.8. The summed E-state index contributed by atoms with van der Waals surface area (Å²) in [7, 11) is 1.37. The summed E-state index contributed by atoms with van der Waals surface area (Å²) in [6.07, 6.45) is 2.62. The molecule has 0 aliphatic heterocycles. The van der Waals surface area contributed by atoms with Gasteiger partial charge in [-0.25, -0.2) is 4.39 Å². The number of carbonyl (C=O) groups is 1. The maximum Gasteiger partial charge on any atom is 0.305 e. The first-order chi connectivity index (χ1) is 7.24. The van der Waals surface area contributed by atoms with E-state index in [1.54, 1.807) is 12.1 Å². The summed E-state index contributed by atoms with van der Waals surface area (Å²) in [6, 6.07) is 6.72. The highest BCUT2D eigenvalue weighted by atomic mass is 19.1. The number of methoxy groups -OCH3 is 1. The van der Waals surface area contributed by atoms with Gasteiger partial charge in [0.25, 0.3) is 0 Å². The molecule has 3 heteroatoms. The molecule has 0 bridgehead atoms. The molecule has 0 atom stereocenters. The van der Waals surface area contributed by atoms with Crippen LogP contribution >= 0.6 is 0 Å². The van der Waals surface area contributed by atoms with Gasteiger partial charge in [-0.3, -0.25) is 4.79 Å². The molecule has 1 aromatic carbocycles. The molecule has 0 heterocycles. The van der Waals surface area contributed by atoms with Crippen LogP contribution in [0.5, 0.6) is 0 Å². The van der Waals surface area contributed by atoms with Crippen LogP contribution in [-0.4, -0.2) is 13.1 Å². The summed E-state index contributed by atoms with van der Waals surface area (Å²) in [6.45, 7) is 0. The van der Waals surface area contributed by atoms with Crippen LogP contribution in [0.3, 0.4) is 0 Å². The maximum absolute atomic E-state index is 13.2. The van der Waals surface area contributed by atoms with Crippen LogP contribution in [0.15, 0.2) is 24.3 Å². The van der Waals surface area contributed by atoms with Crippen molar-refractivity contribution in [3.8, 4) is 0 Å². The van der Waals surface area contributed by atoms with E-state index >= 15 is 0 Å². The minimum atomic E-state index is -0.205. The number of hydrogen-bond donors (Lipinski definition) is 0. The van der Waals surface area contributed by atoms with Gasteiger partial charge in [0, 0.05) is 6.42 Å². The third-order valence-corrected chi connectivity index (χ3v) is 2.26. The lowest BCUT2D eigenvalue weighted by Gasteiger charge is -2.02. The first-order valence-electron chi connectivity index (χ1n) is 5.04. The van der Waals surface area contributed by atoms with Crippen LogP contribution < -0.4 is 0 Å². The van der Waals surface area contributed by atoms with Crippen molar-refractivity contribution in [1.29, 1.82) is 0 Å². The minimum Gasteiger partial charge on any atom is -0.469 e. The van der Waals surface area contributed by atoms with Crippen molar-refractivity contribution in [3.05, 3.63) is 35.6 Å². The number of halogens is 1. The van der Waals surface area contributed by atoms with E-state index in [0.29, 0.717) is 18.4 Å². The van der Waals surface area contributed by atoms with Gasteiger partial charge in [-0.2, -0.15) is 0 Å². The van der Waals surface area contributed by atoms with Gasteiger partial charge in [0.2, 0.25) is 0 Å². The van der Waals surface area contributed by atoms with Crippen LogP contribution in [0.4, 0.5) is 4.39 Å². The largest absolute Gasteiger partial charge is 0.469 e. The minimum absolute atomic E-state index is 0.171. The highest BCUT2D eigenvalue weighted by molar-refractivity contribution is 5.68. The molecule has 2 nitrogen and oxygen atoms in total. The van der Waals surface area contributed by atoms with Crippen molar-refractivity contribution >= 4 is 5.97 Å². The van der Waals surface area contributed by atoms with Gasteiger partial charge in [-0.05, 0) is 30.9 Å². The summed E-state index contributed by atoms with van der Waals surface area (Å²) in [5, 5.41) is 0. The third-order valence-electron chi connectivity index (χ3n) is 2.26. The Hall–Kier alpha value is -1.38. The van der Waals surface area contributed by atoms with Gasteiger partial charge in [0.1, 0.15) is 5.82 Å². The molecule has 0 aliphatic rings. The molecule has 0 N–H and O–H groups in total. The molecule has 0 unspecified atom stereocenters. The predicted octanol–water partition coefficient (Wildman–Crippen LogP) is 2.71. The smallest absolute Gasteiger partial charge is 0.305 e. The Kier molecular flexibility index (Phi) is 4.81. The molecule has 0 radical (unpaired) electrons. The Morgan fingerprint density at radius 1 is 1.33 bits per heavy atom. The van der Waals surface area contributed by atoms with E-state index in [-0.39, 0.29) is 11.8 Å². The second-order valence-corrected chi connectivity index (χ2v) is 3.37. The average Bonchev–Trinajstić information content (AvgIpc) is 2.26. The number of carbonyl (C=O) groups excluding carboxylic acids is 1. The summed E-state index contributed by atoms with van der Waals surface area (Å²) in [5.74, 6) is -0.376. The predicted molar refractivity (Wildman–Crippen MR) is 56.0 cm³/mol. The van der Waals surface area contributed by atoms with Crippen LogP contribution in [0.25, 0.3) is 0 Å². The molecule has 15 heavy (non-hydrogen) atoms. The molecule has 0 saturated carbocycles. The summed E-state index contributed by atoms with van der Waals surface area (Å²) in [5.41, 5.74) is 0.711. The number of benzene rings is 1. The molecule has 82 valence electrons. The van der Waals surface area contributed by atoms with E-state index in [4.69, 9.17) is 0 Å². The van der Waals surface area contributed by atoms with Crippen molar-refractivity contribution in [1.82, 2.24) is 0 Å². The molecule has 0 saturated heterocycles. The topological polar surface area (TPSA) is 26.3 Å². The number of rotatable bonds is 5. The van der Waals surface area contributed by atoms with E-state index in [1.165, 1.54) is 13.2 Å². The molecule has 0 aromatic heterocycles. The van der Waals surface area contributed by atoms with Gasteiger partial charge < -0.3 is 4.74 Å². The highest BCUT2D eigenvalue weighted by Crippen LogP contribution is 2.10. The van der Waals surface area contributed by atoms with E-state index in [9.17, 15) is 9.18 Å². The van der Waals surface area contributed by atoms with Gasteiger partial charge in [0.05, 0.1) is 7.11 Å². The second kappa shape index (κ2) is 6.17. The molecular weight excluding hydrogens is 195 g/mol. The molecule has 1 rings (SSSR count). The number of esters is 1. The zero-order valence-electron chi connectivity index (χ0n) is 8.83. The van der Waals surface area contributed by atoms with Crippen LogP contribution in [-0.2, 0) is 16.0 Å². The maximum atomic E-state index is 13.2. The van der Waals surface area contributed by atoms with Crippen molar-refractivity contribution in [2.75, 3.05) is 7.11 Å². The van der Waals surface area contributed by atoms with Crippen LogP contribution in [0, 0.1) is 5.82 Å². The molecule has 0 fully saturated rings. The van der Waals surface area contributed by atoms with Crippen molar-refractivity contribution in [2.45, 2.75) is 25.7 Å². The lowest BCUT2D eigenvalue weighted by molar-refractivity contribution is -0.140. The van der Waals surface area contributed by atoms with E-state index in [1.807, 2.05) is 6.07 Å². The van der Waals surface area contributed by atoms with E-state index in [2.05, 4.69) is 4.74 Å². The summed E-state index contributed by atoms with van der Waals surface area (Å²) >= 11 is 0. The first kappa shape index (κ1) is 11.7. The quantitative estimate of drug-likeness (QED) is 0.551. The van der Waals surface area contributed by atoms with E-state index < -0.39 is 0 Å². The zero-order valence-corrected chi connectivity index (χ0v) is 8.83. The number of aryl methyl sites for hydroxylation is 1. The number of unbranched alkanes of at least 4 members (excludes halogenated alkanes) is 1. The molecular formula is C12H15FO2. The third kappa shape index (κ3) is 4.11. The van der Waals surface area contributed by atoms with Gasteiger partial charge in [0.15, 0.2) is 0 Å². The SMILES string of the molecule is COC(=O)CCCCc1ccccc1F. The van der Waals surface area contributed by atoms with Crippen LogP contribution in [0.2, 0.25) is 0 Å². The zero-order chi connectivity index (χ0) is 11.1. The number of hydrogen-bond acceptors (Lipinski definition) is 2. The van der Waals surface area contributed by atoms with Gasteiger partial charge in [-0.15, -0.1) is 0 Å². The fourth-order valence-electron chi connectivity index (χ4n) is 1.39. The lowest BCUT2D eigenvalue weighted by atomic mass is 10.1. The molecule has 0 amide bonds. The van der Waals surface area contributed by atoms with Gasteiger partial charge >= 0.3 is 5.97 Å². The van der Waals surface area contributed by atoms with Gasteiger partial charge in [-0.1, -0.05) is 18.2 Å². The lowest BCUT2D eigenvalue weighted by Crippen LogP contribution is -2.00. The van der Waals surface area contributed by atoms with E-state index in [0.717, 1.165) is 12.8 Å². The Morgan fingerprint density at radius 2 is 2.07 bits per heavy atom. The van der Waals surface area contributed by atoms with Crippen molar-refractivity contribution in [2.24, 2.45) is 0 Å². The standard InChI is InChI=1S/C12H15FO2/c1-15-12(14)9-5-3-7-10-6-2-4-8-11(10)13/h2,4,6,8H,3,5,7,9H2,1H3. The highest BCUT2D eigenvalue weighted by Gasteiger charge is 2.02. The molecule has 0 aliphatic carbocycles. The summed E-state index contributed by atoms with van der Waals surface area (Å²) < 4.78 is 17.7. The van der Waals surface area contributed by atoms with Crippen molar-refractivity contribution < 1.29 is 13.9 Å². The Labute approximate surface area is 89.1 Å². The first-order valence-corrected chi connectivity index (χ1v) is 5.04. The second-order valence-electron chi connectivity index (χ2n) is 3.37. The normalized spacial score (nSPS) is 10.0. The fourth-order valence-corrected chi connectivity index (χ4v) is 1.39. The number of ether oxygens (including phenoxy) is 1. The molecule has 1 aromatic rings. The fraction of sp³-hybridized carbons (Fsp3) is 0.417. The average molecular weight is 210 g/mol. The monoisotopic (exact) mass is 210 g/mol. The van der Waals surface area contributed by atoms with Crippen LogP contribution in [0.1, 0.15) is 24.8 Å². The Balaban J connectivity index is 2.26.